The minimum atomic E-state index is -0.798. The topological polar surface area (TPSA) is 80.3 Å². The van der Waals surface area contributed by atoms with Gasteiger partial charge in [-0.15, -0.1) is 11.8 Å². The van der Waals surface area contributed by atoms with E-state index in [1.165, 1.54) is 11.8 Å². The number of likely N-dealkylation sites (tertiary alicyclic amines) is 1. The molecule has 0 spiro atoms. The molecule has 3 aliphatic heterocycles. The third-order valence-corrected chi connectivity index (χ3v) is 8.05. The lowest BCUT2D eigenvalue weighted by Crippen LogP contribution is -2.64. The summed E-state index contributed by atoms with van der Waals surface area (Å²) in [6.07, 6.45) is 3.02. The molecule has 0 unspecified atom stereocenters. The second-order valence-corrected chi connectivity index (χ2v) is 12.2. The molecule has 0 radical (unpaired) electrons. The van der Waals surface area contributed by atoms with Gasteiger partial charge in [-0.05, 0) is 45.9 Å². The Labute approximate surface area is 198 Å². The maximum Gasteiger partial charge on any atom is 0.237 e. The highest BCUT2D eigenvalue weighted by molar-refractivity contribution is 14.1. The molecule has 2 N–H and O–H groups in total. The summed E-state index contributed by atoms with van der Waals surface area (Å²) in [4.78, 5) is 15.4. The molecule has 0 saturated carbocycles. The average Bonchev–Trinajstić information content (AvgIpc) is 3.19. The minimum Gasteiger partial charge on any atom is -0.387 e. The quantitative estimate of drug-likeness (QED) is 0.368. The van der Waals surface area contributed by atoms with Crippen molar-refractivity contribution in [2.75, 3.05) is 19.8 Å². The molecule has 0 aromatic rings. The van der Waals surface area contributed by atoms with Gasteiger partial charge < -0.3 is 24.6 Å². The number of carbonyl (C=O) groups excluding carboxylic acids is 1. The number of rotatable bonds is 7. The number of aliphatic hydroxyl groups excluding tert-OH is 1. The number of thioether (sulfide) groups is 1. The van der Waals surface area contributed by atoms with E-state index in [9.17, 15) is 9.90 Å². The van der Waals surface area contributed by atoms with Crippen molar-refractivity contribution in [3.63, 3.8) is 0 Å². The Bertz CT molecular complexity index is 610. The molecule has 9 heteroatoms. The fourth-order valence-corrected chi connectivity index (χ4v) is 6.30. The fraction of sp³-hybridized carbons (Fsp3) is 0.952. The molecule has 0 aromatic carbocycles. The largest absolute Gasteiger partial charge is 0.387 e. The van der Waals surface area contributed by atoms with Crippen LogP contribution in [-0.2, 0) is 19.0 Å². The Balaban J connectivity index is 1.77. The third kappa shape index (κ3) is 5.28. The number of alkyl halides is 1. The van der Waals surface area contributed by atoms with Crippen molar-refractivity contribution < 1.29 is 24.1 Å². The van der Waals surface area contributed by atoms with Crippen molar-refractivity contribution in [1.29, 1.82) is 0 Å². The lowest BCUT2D eigenvalue weighted by atomic mass is 9.93. The van der Waals surface area contributed by atoms with E-state index in [0.29, 0.717) is 5.92 Å². The number of likely N-dealkylation sites (N-methyl/N-ethyl adjacent to an activating group) is 1. The van der Waals surface area contributed by atoms with Crippen LogP contribution in [-0.4, -0.2) is 87.4 Å². The first-order chi connectivity index (χ1) is 14.1. The van der Waals surface area contributed by atoms with Gasteiger partial charge in [0.05, 0.1) is 12.1 Å². The highest BCUT2D eigenvalue weighted by atomic mass is 127. The first-order valence-electron chi connectivity index (χ1n) is 10.9. The summed E-state index contributed by atoms with van der Waals surface area (Å²) in [6, 6.07) is -0.360. The summed E-state index contributed by atoms with van der Waals surface area (Å²) in [6.45, 7) is 8.94. The third-order valence-electron chi connectivity index (χ3n) is 6.42. The Kier molecular flexibility index (Phi) is 8.40. The first kappa shape index (κ1) is 25.0. The molecule has 3 rings (SSSR count). The molecule has 3 heterocycles. The maximum absolute atomic E-state index is 13.3. The average molecular weight is 557 g/mol. The first-order valence-corrected chi connectivity index (χ1v) is 13.5. The van der Waals surface area contributed by atoms with E-state index >= 15 is 0 Å². The number of aliphatic hydroxyl groups is 1. The van der Waals surface area contributed by atoms with Crippen LogP contribution in [0.4, 0.5) is 0 Å². The Morgan fingerprint density at radius 1 is 1.37 bits per heavy atom. The summed E-state index contributed by atoms with van der Waals surface area (Å²) in [7, 11) is 2.03. The van der Waals surface area contributed by atoms with Crippen molar-refractivity contribution in [3.8, 4) is 0 Å². The predicted octanol–water partition coefficient (Wildman–Crippen LogP) is 2.38. The zero-order chi connectivity index (χ0) is 22.2. The van der Waals surface area contributed by atoms with Crippen LogP contribution in [0.15, 0.2) is 0 Å². The SMILES string of the molecule is CCC[C@@H]1C[C@@H](C(=O)N[C@@H]([C@H]2O[C@H](SC)[C@H](O)[C@H]3OC(C)(C)O[C@H]32)[C@H](C)I)N(C)C1. The van der Waals surface area contributed by atoms with Gasteiger partial charge in [0, 0.05) is 10.5 Å². The number of halogens is 1. The number of nitrogens with zero attached hydrogens (tertiary/aromatic N) is 1. The van der Waals surface area contributed by atoms with Crippen LogP contribution >= 0.6 is 34.4 Å². The smallest absolute Gasteiger partial charge is 0.237 e. The molecule has 0 aliphatic carbocycles. The standard InChI is InChI=1S/C21H37IN2O5S/c1-7-8-12-9-13(24(5)10-12)19(26)23-14(11(2)22)16-18-17(28-21(3,4)29-18)15(25)20(27-16)30-6/h11-18,20,25H,7-10H2,1-6H3,(H,23,26)/t11-,12+,13-,14+,15+,16+,17+,18-,20+/m0/s1. The molecule has 3 saturated heterocycles. The van der Waals surface area contributed by atoms with Gasteiger partial charge in [0.25, 0.3) is 0 Å². The molecule has 9 atom stereocenters. The summed E-state index contributed by atoms with van der Waals surface area (Å²) >= 11 is 3.79. The molecule has 7 nitrogen and oxygen atoms in total. The van der Waals surface area contributed by atoms with Gasteiger partial charge in [0.15, 0.2) is 5.79 Å². The van der Waals surface area contributed by atoms with Crippen LogP contribution in [0.5, 0.6) is 0 Å². The summed E-state index contributed by atoms with van der Waals surface area (Å²) in [5, 5.41) is 14.0. The molecule has 30 heavy (non-hydrogen) atoms. The van der Waals surface area contributed by atoms with Gasteiger partial charge in [-0.25, -0.2) is 0 Å². The highest BCUT2D eigenvalue weighted by Gasteiger charge is 2.57. The monoisotopic (exact) mass is 556 g/mol. The number of amides is 1. The van der Waals surface area contributed by atoms with E-state index in [0.717, 1.165) is 25.8 Å². The van der Waals surface area contributed by atoms with Gasteiger partial charge in [-0.2, -0.15) is 0 Å². The van der Waals surface area contributed by atoms with Crippen LogP contribution < -0.4 is 5.32 Å². The number of carbonyl (C=O) groups is 1. The normalized spacial score (nSPS) is 40.7. The lowest BCUT2D eigenvalue weighted by Gasteiger charge is -2.43. The molecular formula is C21H37IN2O5S. The van der Waals surface area contributed by atoms with Crippen LogP contribution in [0.25, 0.3) is 0 Å². The van der Waals surface area contributed by atoms with Crippen LogP contribution in [0.3, 0.4) is 0 Å². The van der Waals surface area contributed by atoms with Crippen molar-refractivity contribution in [3.05, 3.63) is 0 Å². The number of hydrogen-bond acceptors (Lipinski definition) is 7. The zero-order valence-electron chi connectivity index (χ0n) is 18.8. The van der Waals surface area contributed by atoms with Gasteiger partial charge >= 0.3 is 0 Å². The Hall–Kier alpha value is 0.350. The number of hydrogen-bond donors (Lipinski definition) is 2. The zero-order valence-corrected chi connectivity index (χ0v) is 21.8. The summed E-state index contributed by atoms with van der Waals surface area (Å²) < 4.78 is 18.6. The van der Waals surface area contributed by atoms with Crippen molar-refractivity contribution >= 4 is 40.3 Å². The van der Waals surface area contributed by atoms with E-state index in [2.05, 4.69) is 46.7 Å². The predicted molar refractivity (Wildman–Crippen MR) is 127 cm³/mol. The Morgan fingerprint density at radius 2 is 2.03 bits per heavy atom. The lowest BCUT2D eigenvalue weighted by molar-refractivity contribution is -0.168. The van der Waals surface area contributed by atoms with Gasteiger partial charge in [0.1, 0.15) is 29.9 Å². The highest BCUT2D eigenvalue weighted by Crippen LogP contribution is 2.41. The fourth-order valence-electron chi connectivity index (χ4n) is 5.04. The molecule has 1 amide bonds. The van der Waals surface area contributed by atoms with Crippen LogP contribution in [0.1, 0.15) is 47.0 Å². The molecule has 174 valence electrons. The summed E-state index contributed by atoms with van der Waals surface area (Å²) in [5.74, 6) is -0.174. The molecular weight excluding hydrogens is 519 g/mol. The number of nitrogens with one attached hydrogen (secondary N) is 1. The molecule has 0 bridgehead atoms. The van der Waals surface area contributed by atoms with Gasteiger partial charge in [-0.3, -0.25) is 9.69 Å². The minimum absolute atomic E-state index is 0.0507. The van der Waals surface area contributed by atoms with Crippen molar-refractivity contribution in [2.24, 2.45) is 5.92 Å². The molecule has 3 fully saturated rings. The molecule has 0 aromatic heterocycles. The van der Waals surface area contributed by atoms with Gasteiger partial charge in [-0.1, -0.05) is 42.9 Å². The van der Waals surface area contributed by atoms with E-state index in [-0.39, 0.29) is 21.9 Å². The number of fused-ring (bicyclic) bond motifs is 1. The number of ether oxygens (including phenoxy) is 3. The summed E-state index contributed by atoms with van der Waals surface area (Å²) in [5.41, 5.74) is -0.425. The Morgan fingerprint density at radius 3 is 2.63 bits per heavy atom. The van der Waals surface area contributed by atoms with Crippen molar-refractivity contribution in [2.45, 2.75) is 98.6 Å². The molecule has 3 aliphatic rings. The second-order valence-electron chi connectivity index (χ2n) is 9.32. The maximum atomic E-state index is 13.3. The van der Waals surface area contributed by atoms with Gasteiger partial charge in [0.2, 0.25) is 5.91 Å². The second kappa shape index (κ2) is 10.1. The van der Waals surface area contributed by atoms with Crippen LogP contribution in [0, 0.1) is 5.92 Å². The van der Waals surface area contributed by atoms with E-state index < -0.39 is 35.6 Å². The van der Waals surface area contributed by atoms with Crippen LogP contribution in [0.2, 0.25) is 0 Å². The van der Waals surface area contributed by atoms with E-state index in [1.807, 2.05) is 27.2 Å². The van der Waals surface area contributed by atoms with Crippen molar-refractivity contribution in [1.82, 2.24) is 10.2 Å². The van der Waals surface area contributed by atoms with E-state index in [4.69, 9.17) is 14.2 Å². The van der Waals surface area contributed by atoms with E-state index in [1.54, 1.807) is 0 Å².